The molecule has 0 saturated heterocycles. The highest BCUT2D eigenvalue weighted by Gasteiger charge is 2.07. The summed E-state index contributed by atoms with van der Waals surface area (Å²) in [6.07, 6.45) is 0. The molecule has 70 valence electrons. The van der Waals surface area contributed by atoms with Crippen LogP contribution in [0, 0.1) is 18.0 Å². The molecule has 1 nitrogen and oxygen atoms in total. The fourth-order valence-electron chi connectivity index (χ4n) is 0.879. The van der Waals surface area contributed by atoms with E-state index in [1.807, 2.05) is 12.1 Å². The Bertz CT molecular complexity index is 407. The molecule has 0 radical (unpaired) electrons. The fraction of sp³-hybridized carbons (Fsp3) is 0.250. The highest BCUT2D eigenvalue weighted by Crippen LogP contribution is 2.11. The van der Waals surface area contributed by atoms with Gasteiger partial charge in [0.05, 0.1) is 6.57 Å². The van der Waals surface area contributed by atoms with Crippen molar-refractivity contribution < 1.29 is 0 Å². The zero-order valence-corrected chi connectivity index (χ0v) is 9.76. The van der Waals surface area contributed by atoms with Crippen LogP contribution in [0.3, 0.4) is 0 Å². The van der Waals surface area contributed by atoms with Crippen LogP contribution < -0.4 is 0 Å². The first-order chi connectivity index (χ1) is 6.51. The van der Waals surface area contributed by atoms with Gasteiger partial charge in [0.25, 0.3) is 0 Å². The molecule has 0 saturated carbocycles. The van der Waals surface area contributed by atoms with Crippen molar-refractivity contribution in [2.24, 2.45) is 0 Å². The molecular formula is C12H13NSi. The van der Waals surface area contributed by atoms with Gasteiger partial charge in [0.15, 0.2) is 5.69 Å². The molecule has 14 heavy (non-hydrogen) atoms. The van der Waals surface area contributed by atoms with Crippen molar-refractivity contribution in [1.29, 1.82) is 0 Å². The van der Waals surface area contributed by atoms with Gasteiger partial charge in [0.1, 0.15) is 8.07 Å². The smallest absolute Gasteiger partial charge is 0.187 e. The molecule has 2 heteroatoms. The first-order valence-electron chi connectivity index (χ1n) is 4.52. The Morgan fingerprint density at radius 1 is 1.14 bits per heavy atom. The van der Waals surface area contributed by atoms with Crippen LogP contribution in [0.15, 0.2) is 24.3 Å². The third-order valence-electron chi connectivity index (χ3n) is 1.58. The van der Waals surface area contributed by atoms with E-state index in [1.165, 1.54) is 0 Å². The summed E-state index contributed by atoms with van der Waals surface area (Å²) in [5.41, 5.74) is 4.96. The first kappa shape index (κ1) is 10.6. The minimum Gasteiger partial charge on any atom is -0.238 e. The maximum absolute atomic E-state index is 6.81. The van der Waals surface area contributed by atoms with Crippen molar-refractivity contribution >= 4 is 13.8 Å². The van der Waals surface area contributed by atoms with E-state index in [2.05, 4.69) is 36.0 Å². The molecule has 0 aliphatic rings. The summed E-state index contributed by atoms with van der Waals surface area (Å²) in [6.45, 7) is 13.5. The molecule has 0 fully saturated rings. The largest absolute Gasteiger partial charge is 0.238 e. The lowest BCUT2D eigenvalue weighted by atomic mass is 10.2. The molecule has 0 spiro atoms. The Hall–Kier alpha value is -1.51. The van der Waals surface area contributed by atoms with Crippen LogP contribution in [-0.2, 0) is 0 Å². The van der Waals surface area contributed by atoms with Crippen LogP contribution in [0.5, 0.6) is 0 Å². The van der Waals surface area contributed by atoms with E-state index in [1.54, 1.807) is 12.1 Å². The molecule has 0 aliphatic heterocycles. The maximum Gasteiger partial charge on any atom is 0.187 e. The Balaban J connectivity index is 2.89. The van der Waals surface area contributed by atoms with E-state index < -0.39 is 8.07 Å². The Morgan fingerprint density at radius 3 is 2.14 bits per heavy atom. The highest BCUT2D eigenvalue weighted by atomic mass is 28.3. The fourth-order valence-corrected chi connectivity index (χ4v) is 1.40. The Morgan fingerprint density at radius 2 is 1.71 bits per heavy atom. The minimum atomic E-state index is -1.28. The van der Waals surface area contributed by atoms with Gasteiger partial charge in [-0.2, -0.15) is 0 Å². The minimum absolute atomic E-state index is 0.670. The summed E-state index contributed by atoms with van der Waals surface area (Å²) in [7, 11) is -1.28. The van der Waals surface area contributed by atoms with E-state index >= 15 is 0 Å². The Labute approximate surface area is 86.6 Å². The second kappa shape index (κ2) is 4.13. The van der Waals surface area contributed by atoms with Crippen molar-refractivity contribution in [3.8, 4) is 11.5 Å². The molecule has 0 aliphatic carbocycles. The predicted octanol–water partition coefficient (Wildman–Crippen LogP) is 3.47. The van der Waals surface area contributed by atoms with Crippen LogP contribution in [0.25, 0.3) is 4.85 Å². The molecule has 0 bridgehead atoms. The monoisotopic (exact) mass is 199 g/mol. The van der Waals surface area contributed by atoms with E-state index in [-0.39, 0.29) is 0 Å². The quantitative estimate of drug-likeness (QED) is 0.342. The van der Waals surface area contributed by atoms with Gasteiger partial charge in [0.2, 0.25) is 0 Å². The van der Waals surface area contributed by atoms with Crippen LogP contribution >= 0.6 is 0 Å². The van der Waals surface area contributed by atoms with Crippen molar-refractivity contribution in [3.63, 3.8) is 0 Å². The molecule has 0 unspecified atom stereocenters. The average molecular weight is 199 g/mol. The van der Waals surface area contributed by atoms with Gasteiger partial charge >= 0.3 is 0 Å². The van der Waals surface area contributed by atoms with Gasteiger partial charge in [-0.3, -0.25) is 0 Å². The predicted molar refractivity (Wildman–Crippen MR) is 62.9 cm³/mol. The third-order valence-corrected chi connectivity index (χ3v) is 2.45. The molecule has 1 rings (SSSR count). The first-order valence-corrected chi connectivity index (χ1v) is 8.02. The zero-order valence-electron chi connectivity index (χ0n) is 8.76. The summed E-state index contributed by atoms with van der Waals surface area (Å²) in [5.74, 6) is 3.14. The van der Waals surface area contributed by atoms with Crippen LogP contribution in [0.1, 0.15) is 5.56 Å². The lowest BCUT2D eigenvalue weighted by molar-refractivity contribution is 1.65. The van der Waals surface area contributed by atoms with Gasteiger partial charge in [-0.05, 0) is 0 Å². The van der Waals surface area contributed by atoms with Gasteiger partial charge in [-0.25, -0.2) is 4.85 Å². The van der Waals surface area contributed by atoms with Crippen molar-refractivity contribution in [2.45, 2.75) is 19.6 Å². The van der Waals surface area contributed by atoms with Crippen molar-refractivity contribution in [3.05, 3.63) is 41.2 Å². The second-order valence-corrected chi connectivity index (χ2v) is 8.91. The Kier molecular flexibility index (Phi) is 3.12. The van der Waals surface area contributed by atoms with Gasteiger partial charge in [-0.15, -0.1) is 5.54 Å². The van der Waals surface area contributed by atoms with E-state index in [4.69, 9.17) is 6.57 Å². The summed E-state index contributed by atoms with van der Waals surface area (Å²) in [5, 5.41) is 0. The van der Waals surface area contributed by atoms with Gasteiger partial charge in [-0.1, -0.05) is 49.8 Å². The normalized spacial score (nSPS) is 9.86. The average Bonchev–Trinajstić information content (AvgIpc) is 2.14. The lowest BCUT2D eigenvalue weighted by Crippen LogP contribution is -2.16. The van der Waals surface area contributed by atoms with Crippen molar-refractivity contribution in [1.82, 2.24) is 0 Å². The molecular weight excluding hydrogens is 186 g/mol. The summed E-state index contributed by atoms with van der Waals surface area (Å²) < 4.78 is 0. The number of hydrogen-bond acceptors (Lipinski definition) is 0. The maximum atomic E-state index is 6.81. The third kappa shape index (κ3) is 3.47. The summed E-state index contributed by atoms with van der Waals surface area (Å²) >= 11 is 0. The van der Waals surface area contributed by atoms with Crippen LogP contribution in [0.2, 0.25) is 19.6 Å². The zero-order chi connectivity index (χ0) is 10.6. The SMILES string of the molecule is [C-]#[N+]c1ccc(C#C[Si](C)(C)C)cc1. The van der Waals surface area contributed by atoms with Crippen LogP contribution in [-0.4, -0.2) is 8.07 Å². The molecule has 0 heterocycles. The summed E-state index contributed by atoms with van der Waals surface area (Å²) in [4.78, 5) is 3.33. The van der Waals surface area contributed by atoms with E-state index in [9.17, 15) is 0 Å². The molecule has 0 amide bonds. The topological polar surface area (TPSA) is 4.36 Å². The lowest BCUT2D eigenvalue weighted by Gasteiger charge is -2.03. The van der Waals surface area contributed by atoms with E-state index in [0.717, 1.165) is 5.56 Å². The van der Waals surface area contributed by atoms with E-state index in [0.29, 0.717) is 5.69 Å². The van der Waals surface area contributed by atoms with Gasteiger partial charge < -0.3 is 0 Å². The molecule has 1 aromatic rings. The van der Waals surface area contributed by atoms with Gasteiger partial charge in [0, 0.05) is 5.56 Å². The number of nitrogens with zero attached hydrogens (tertiary/aromatic N) is 1. The molecule has 1 aromatic carbocycles. The second-order valence-electron chi connectivity index (χ2n) is 4.16. The summed E-state index contributed by atoms with van der Waals surface area (Å²) in [6, 6.07) is 7.42. The highest BCUT2D eigenvalue weighted by molar-refractivity contribution is 6.83. The molecule has 0 atom stereocenters. The number of rotatable bonds is 0. The van der Waals surface area contributed by atoms with Crippen LogP contribution in [0.4, 0.5) is 5.69 Å². The number of hydrogen-bond donors (Lipinski definition) is 0. The standard InChI is InChI=1S/C12H13NSi/c1-13-12-7-5-11(6-8-12)9-10-14(2,3)4/h5-8H,2-4H3. The molecule has 0 aromatic heterocycles. The molecule has 0 N–H and O–H groups in total. The van der Waals surface area contributed by atoms with Crippen molar-refractivity contribution in [2.75, 3.05) is 0 Å². The number of benzene rings is 1.